The number of fused-ring (bicyclic) bond motifs is 2. The quantitative estimate of drug-likeness (QED) is 0.659. The Morgan fingerprint density at radius 2 is 2.07 bits per heavy atom. The smallest absolute Gasteiger partial charge is 0.195 e. The number of nitrogens with zero attached hydrogens (tertiary/aromatic N) is 1. The number of hydrogen-bond acceptors (Lipinski definition) is 1. The summed E-state index contributed by atoms with van der Waals surface area (Å²) in [7, 11) is 0. The molecule has 2 fully saturated rings. The summed E-state index contributed by atoms with van der Waals surface area (Å²) in [6, 6.07) is 12.0. The molecule has 1 heterocycles. The minimum atomic E-state index is 0.736. The summed E-state index contributed by atoms with van der Waals surface area (Å²) < 4.78 is 2.30. The second-order valence-corrected chi connectivity index (χ2v) is 4.24. The lowest BCUT2D eigenvalue weighted by Crippen LogP contribution is -2.36. The molecule has 1 aliphatic heterocycles. The molecule has 1 aromatic rings. The van der Waals surface area contributed by atoms with Crippen LogP contribution in [0, 0.1) is 0 Å². The molecule has 1 saturated heterocycles. The highest BCUT2D eigenvalue weighted by Gasteiger charge is 2.41. The maximum atomic E-state index is 3.52. The third kappa shape index (κ3) is 1.31. The monoisotopic (exact) mass is 187 g/mol. The van der Waals surface area contributed by atoms with Gasteiger partial charge in [0.25, 0.3) is 0 Å². The van der Waals surface area contributed by atoms with E-state index in [4.69, 9.17) is 0 Å². The average molecular weight is 187 g/mol. The van der Waals surface area contributed by atoms with Gasteiger partial charge in [0, 0.05) is 18.4 Å². The fourth-order valence-electron chi connectivity index (χ4n) is 2.49. The van der Waals surface area contributed by atoms with Gasteiger partial charge in [-0.25, -0.2) is 0 Å². The first-order valence-corrected chi connectivity index (χ1v) is 5.36. The summed E-state index contributed by atoms with van der Waals surface area (Å²) in [6.07, 6.45) is 6.25. The van der Waals surface area contributed by atoms with Crippen molar-refractivity contribution in [2.45, 2.75) is 31.3 Å². The zero-order valence-corrected chi connectivity index (χ0v) is 8.19. The highest BCUT2D eigenvalue weighted by atomic mass is 15.5. The lowest BCUT2D eigenvalue weighted by Gasteiger charge is -2.09. The molecule has 2 bridgehead atoms. The molecule has 0 unspecified atom stereocenters. The van der Waals surface area contributed by atoms with E-state index in [-0.39, 0.29) is 0 Å². The topological polar surface area (TPSA) is 15.0 Å². The van der Waals surface area contributed by atoms with E-state index < -0.39 is 0 Å². The van der Waals surface area contributed by atoms with E-state index in [1.807, 2.05) is 0 Å². The van der Waals surface area contributed by atoms with Crippen molar-refractivity contribution in [2.24, 2.45) is 0 Å². The Balaban J connectivity index is 1.86. The lowest BCUT2D eigenvalue weighted by molar-refractivity contribution is -0.604. The minimum absolute atomic E-state index is 0.736. The molecule has 1 saturated carbocycles. The Bertz CT molecular complexity index is 356. The largest absolute Gasteiger partial charge is 0.200 e. The molecule has 3 rings (SSSR count). The molecule has 2 nitrogen and oxygen atoms in total. The molecule has 0 radical (unpaired) electrons. The summed E-state index contributed by atoms with van der Waals surface area (Å²) in [5.41, 5.74) is 4.80. The van der Waals surface area contributed by atoms with Crippen LogP contribution in [0.5, 0.6) is 0 Å². The predicted molar refractivity (Wildman–Crippen MR) is 56.4 cm³/mol. The molecular weight excluding hydrogens is 172 g/mol. The molecule has 2 aliphatic rings. The van der Waals surface area contributed by atoms with Crippen molar-refractivity contribution in [3.05, 3.63) is 35.9 Å². The average Bonchev–Trinajstić information content (AvgIpc) is 2.81. The fourth-order valence-corrected chi connectivity index (χ4v) is 2.49. The van der Waals surface area contributed by atoms with Gasteiger partial charge in [0.05, 0.1) is 6.04 Å². The number of hydrazone groups is 1. The lowest BCUT2D eigenvalue weighted by atomic mass is 10.2. The molecule has 1 N–H and O–H groups in total. The predicted octanol–water partition coefficient (Wildman–Crippen LogP) is 1.56. The zero-order chi connectivity index (χ0) is 9.38. The number of hydrogen-bond donors (Lipinski definition) is 1. The minimum Gasteiger partial charge on any atom is -0.195 e. The Hall–Kier alpha value is -1.31. The van der Waals surface area contributed by atoms with E-state index in [2.05, 4.69) is 46.7 Å². The summed E-state index contributed by atoms with van der Waals surface area (Å²) >= 11 is 0. The van der Waals surface area contributed by atoms with Gasteiger partial charge in [0.1, 0.15) is 0 Å². The molecule has 14 heavy (non-hydrogen) atoms. The number of nitrogens with one attached hydrogen (secondary N) is 1. The summed E-state index contributed by atoms with van der Waals surface area (Å²) in [5.74, 6) is 0. The van der Waals surface area contributed by atoms with Crippen molar-refractivity contribution >= 4 is 6.21 Å². The van der Waals surface area contributed by atoms with Crippen molar-refractivity contribution in [2.75, 3.05) is 0 Å². The third-order valence-corrected chi connectivity index (χ3v) is 3.22. The van der Waals surface area contributed by atoms with Crippen LogP contribution in [0.4, 0.5) is 0 Å². The second-order valence-electron chi connectivity index (χ2n) is 4.24. The van der Waals surface area contributed by atoms with Crippen molar-refractivity contribution in [1.29, 1.82) is 0 Å². The molecule has 0 aromatic heterocycles. The maximum absolute atomic E-state index is 3.52. The molecule has 0 spiro atoms. The van der Waals surface area contributed by atoms with Gasteiger partial charge in [-0.15, -0.1) is 4.68 Å². The molecule has 1 aliphatic carbocycles. The van der Waals surface area contributed by atoms with Crippen molar-refractivity contribution in [1.82, 2.24) is 5.43 Å². The molecule has 2 atom stereocenters. The van der Waals surface area contributed by atoms with Gasteiger partial charge < -0.3 is 0 Å². The van der Waals surface area contributed by atoms with E-state index >= 15 is 0 Å². The van der Waals surface area contributed by atoms with Crippen LogP contribution in [0.15, 0.2) is 30.3 Å². The van der Waals surface area contributed by atoms with E-state index in [0.29, 0.717) is 0 Å². The summed E-state index contributed by atoms with van der Waals surface area (Å²) in [6.45, 7) is 0. The number of rotatable bonds is 1. The maximum Gasteiger partial charge on any atom is 0.200 e. The van der Waals surface area contributed by atoms with E-state index in [1.54, 1.807) is 0 Å². The highest BCUT2D eigenvalue weighted by molar-refractivity contribution is 5.75. The van der Waals surface area contributed by atoms with Crippen LogP contribution in [0.2, 0.25) is 0 Å². The summed E-state index contributed by atoms with van der Waals surface area (Å²) in [4.78, 5) is 0. The van der Waals surface area contributed by atoms with Crippen LogP contribution in [-0.4, -0.2) is 23.0 Å². The van der Waals surface area contributed by atoms with Crippen LogP contribution < -0.4 is 5.43 Å². The van der Waals surface area contributed by atoms with Gasteiger partial charge in [0.2, 0.25) is 6.21 Å². The molecular formula is C12H15N2+. The Labute approximate surface area is 84.2 Å². The number of hydrazine groups is 1. The van der Waals surface area contributed by atoms with Gasteiger partial charge in [-0.1, -0.05) is 18.2 Å². The van der Waals surface area contributed by atoms with Crippen LogP contribution in [0.1, 0.15) is 24.8 Å². The zero-order valence-electron chi connectivity index (χ0n) is 8.19. The van der Waals surface area contributed by atoms with Crippen LogP contribution in [0.25, 0.3) is 0 Å². The van der Waals surface area contributed by atoms with Gasteiger partial charge in [0.15, 0.2) is 6.04 Å². The van der Waals surface area contributed by atoms with E-state index in [9.17, 15) is 0 Å². The van der Waals surface area contributed by atoms with Crippen LogP contribution >= 0.6 is 0 Å². The second kappa shape index (κ2) is 3.12. The van der Waals surface area contributed by atoms with Gasteiger partial charge >= 0.3 is 0 Å². The SMILES string of the molecule is C(/c1ccccc1)=[N+]1/N[C@@H]2CC[C@H]1C2. The molecule has 1 aromatic carbocycles. The Morgan fingerprint density at radius 3 is 2.71 bits per heavy atom. The van der Waals surface area contributed by atoms with E-state index in [0.717, 1.165) is 12.1 Å². The molecule has 2 heteroatoms. The first-order valence-electron chi connectivity index (χ1n) is 5.36. The third-order valence-electron chi connectivity index (χ3n) is 3.22. The van der Waals surface area contributed by atoms with Crippen molar-refractivity contribution in [3.63, 3.8) is 0 Å². The highest BCUT2D eigenvalue weighted by Crippen LogP contribution is 2.26. The van der Waals surface area contributed by atoms with Crippen molar-refractivity contribution < 1.29 is 4.68 Å². The van der Waals surface area contributed by atoms with Crippen LogP contribution in [-0.2, 0) is 0 Å². The Kier molecular flexibility index (Phi) is 1.79. The van der Waals surface area contributed by atoms with Crippen molar-refractivity contribution in [3.8, 4) is 0 Å². The fraction of sp³-hybridized carbons (Fsp3) is 0.417. The van der Waals surface area contributed by atoms with Crippen LogP contribution in [0.3, 0.4) is 0 Å². The normalized spacial score (nSPS) is 32.1. The number of benzene rings is 1. The standard InChI is InChI=1S/C12H15N2/c1-2-4-10(5-3-1)9-14-12-7-6-11(8-12)13-14/h1-5,9,11-13H,6-8H2/q+1/b14-9-/t11-,12+/m1/s1. The Morgan fingerprint density at radius 1 is 1.21 bits per heavy atom. The van der Waals surface area contributed by atoms with E-state index in [1.165, 1.54) is 24.8 Å². The first kappa shape index (κ1) is 8.04. The molecule has 0 amide bonds. The summed E-state index contributed by atoms with van der Waals surface area (Å²) in [5, 5.41) is 0. The van der Waals surface area contributed by atoms with Gasteiger partial charge in [-0.3, -0.25) is 0 Å². The van der Waals surface area contributed by atoms with Gasteiger partial charge in [-0.05, 0) is 18.6 Å². The molecule has 72 valence electrons. The first-order chi connectivity index (χ1) is 6.92. The van der Waals surface area contributed by atoms with Gasteiger partial charge in [-0.2, -0.15) is 5.43 Å².